The molecule has 0 saturated heterocycles. The van der Waals surface area contributed by atoms with Crippen molar-refractivity contribution < 1.29 is 12.8 Å². The third-order valence-corrected chi connectivity index (χ3v) is 4.51. The minimum Gasteiger partial charge on any atom is -0.444 e. The van der Waals surface area contributed by atoms with Gasteiger partial charge in [0.15, 0.2) is 0 Å². The molecule has 0 aliphatic heterocycles. The highest BCUT2D eigenvalue weighted by atomic mass is 35.5. The maximum absolute atomic E-state index is 12.1. The van der Waals surface area contributed by atoms with Crippen LogP contribution >= 0.6 is 11.6 Å². The summed E-state index contributed by atoms with van der Waals surface area (Å²) in [6.07, 6.45) is 1.23. The predicted octanol–water partition coefficient (Wildman–Crippen LogP) is 1.86. The van der Waals surface area contributed by atoms with Gasteiger partial charge in [-0.05, 0) is 19.9 Å². The van der Waals surface area contributed by atoms with Crippen LogP contribution in [0, 0.1) is 13.8 Å². The van der Waals surface area contributed by atoms with E-state index in [0.29, 0.717) is 17.5 Å². The fraction of sp³-hybridized carbons (Fsp3) is 0.333. The van der Waals surface area contributed by atoms with Crippen LogP contribution in [-0.4, -0.2) is 25.4 Å². The smallest absolute Gasteiger partial charge is 0.242 e. The van der Waals surface area contributed by atoms with E-state index in [1.807, 2.05) is 0 Å². The van der Waals surface area contributed by atoms with Gasteiger partial charge in [0.2, 0.25) is 15.9 Å². The number of hydrogen-bond donors (Lipinski definition) is 2. The third-order valence-electron chi connectivity index (χ3n) is 2.85. The van der Waals surface area contributed by atoms with E-state index >= 15 is 0 Å². The van der Waals surface area contributed by atoms with Crippen LogP contribution in [0.15, 0.2) is 21.6 Å². The van der Waals surface area contributed by atoms with E-state index in [2.05, 4.69) is 20.0 Å². The van der Waals surface area contributed by atoms with Crippen LogP contribution < -0.4 is 10.0 Å². The molecule has 7 nitrogen and oxygen atoms in total. The van der Waals surface area contributed by atoms with Crippen molar-refractivity contribution in [1.29, 1.82) is 0 Å². The summed E-state index contributed by atoms with van der Waals surface area (Å²) in [5.41, 5.74) is 0.729. The van der Waals surface area contributed by atoms with Crippen LogP contribution in [0.1, 0.15) is 17.3 Å². The topological polar surface area (TPSA) is 97.1 Å². The summed E-state index contributed by atoms with van der Waals surface area (Å²) < 4.78 is 32.0. The van der Waals surface area contributed by atoms with Crippen molar-refractivity contribution in [1.82, 2.24) is 14.7 Å². The summed E-state index contributed by atoms with van der Waals surface area (Å²) in [5.74, 6) is 1.38. The van der Waals surface area contributed by atoms with E-state index in [9.17, 15) is 8.42 Å². The molecular formula is C12H15ClN4O3S. The molecule has 9 heteroatoms. The molecule has 114 valence electrons. The van der Waals surface area contributed by atoms with E-state index in [1.165, 1.54) is 12.3 Å². The Morgan fingerprint density at radius 1 is 1.38 bits per heavy atom. The Bertz CT molecular complexity index is 738. The number of nitrogens with zero attached hydrogens (tertiary/aromatic N) is 2. The van der Waals surface area contributed by atoms with E-state index in [4.69, 9.17) is 16.0 Å². The number of aryl methyl sites for hydroxylation is 2. The second-order valence-electron chi connectivity index (χ2n) is 4.33. The lowest BCUT2D eigenvalue weighted by molar-refractivity contribution is 0.463. The van der Waals surface area contributed by atoms with Gasteiger partial charge in [0, 0.05) is 13.2 Å². The van der Waals surface area contributed by atoms with Crippen LogP contribution in [0.2, 0.25) is 5.02 Å². The first-order valence-electron chi connectivity index (χ1n) is 6.09. The average molecular weight is 331 g/mol. The molecule has 2 N–H and O–H groups in total. The van der Waals surface area contributed by atoms with Gasteiger partial charge in [-0.2, -0.15) is 0 Å². The number of aromatic nitrogens is 2. The fourth-order valence-corrected chi connectivity index (χ4v) is 2.88. The van der Waals surface area contributed by atoms with Crippen LogP contribution in [0.4, 0.5) is 5.82 Å². The Labute approximate surface area is 127 Å². The van der Waals surface area contributed by atoms with Crippen LogP contribution in [0.25, 0.3) is 0 Å². The molecular weight excluding hydrogens is 316 g/mol. The van der Waals surface area contributed by atoms with Gasteiger partial charge in [-0.3, -0.25) is 0 Å². The van der Waals surface area contributed by atoms with Crippen molar-refractivity contribution in [2.24, 2.45) is 0 Å². The molecule has 0 bridgehead atoms. The highest BCUT2D eigenvalue weighted by Gasteiger charge is 2.17. The first kappa shape index (κ1) is 15.7. The molecule has 2 heterocycles. The van der Waals surface area contributed by atoms with E-state index < -0.39 is 10.0 Å². The first-order valence-corrected chi connectivity index (χ1v) is 7.95. The van der Waals surface area contributed by atoms with Crippen molar-refractivity contribution in [3.05, 3.63) is 34.6 Å². The zero-order valence-electron chi connectivity index (χ0n) is 11.8. The van der Waals surface area contributed by atoms with E-state index in [0.717, 1.165) is 5.69 Å². The lowest BCUT2D eigenvalue weighted by Gasteiger charge is -2.07. The summed E-state index contributed by atoms with van der Waals surface area (Å²) >= 11 is 5.93. The predicted molar refractivity (Wildman–Crippen MR) is 78.8 cm³/mol. The normalized spacial score (nSPS) is 11.6. The summed E-state index contributed by atoms with van der Waals surface area (Å²) in [5, 5.41) is 2.98. The number of nitrogens with one attached hydrogen (secondary N) is 2. The summed E-state index contributed by atoms with van der Waals surface area (Å²) in [7, 11) is -2.09. The zero-order valence-corrected chi connectivity index (χ0v) is 13.3. The van der Waals surface area contributed by atoms with Gasteiger partial charge in [-0.25, -0.2) is 23.1 Å². The number of sulfonamides is 1. The SMILES string of the molecule is CNc1ncc(S(=O)(=O)NCc2nc(C)c(C)o2)cc1Cl. The maximum atomic E-state index is 12.1. The molecule has 0 unspecified atom stereocenters. The third kappa shape index (κ3) is 3.52. The summed E-state index contributed by atoms with van der Waals surface area (Å²) in [6.45, 7) is 3.51. The molecule has 21 heavy (non-hydrogen) atoms. The molecule has 0 fully saturated rings. The Balaban J connectivity index is 2.16. The standard InChI is InChI=1S/C12H15ClN4O3S/c1-7-8(2)20-11(17-7)6-16-21(18,19)9-4-10(13)12(14-3)15-5-9/h4-5,16H,6H2,1-3H3,(H,14,15). The van der Waals surface area contributed by atoms with Gasteiger partial charge < -0.3 is 9.73 Å². The Hall–Kier alpha value is -1.64. The molecule has 2 aromatic heterocycles. The van der Waals surface area contributed by atoms with Gasteiger partial charge in [-0.1, -0.05) is 11.6 Å². The second-order valence-corrected chi connectivity index (χ2v) is 6.50. The van der Waals surface area contributed by atoms with Crippen molar-refractivity contribution >= 4 is 27.4 Å². The van der Waals surface area contributed by atoms with Crippen LogP contribution in [0.5, 0.6) is 0 Å². The monoisotopic (exact) mass is 330 g/mol. The minimum atomic E-state index is -3.73. The maximum Gasteiger partial charge on any atom is 0.242 e. The first-order chi connectivity index (χ1) is 9.83. The van der Waals surface area contributed by atoms with Gasteiger partial charge >= 0.3 is 0 Å². The average Bonchev–Trinajstić information content (AvgIpc) is 2.76. The van der Waals surface area contributed by atoms with Gasteiger partial charge in [0.05, 0.1) is 17.3 Å². The zero-order chi connectivity index (χ0) is 15.6. The number of pyridine rings is 1. The summed E-state index contributed by atoms with van der Waals surface area (Å²) in [4.78, 5) is 8.02. The molecule has 0 aromatic carbocycles. The van der Waals surface area contributed by atoms with Crippen molar-refractivity contribution in [3.63, 3.8) is 0 Å². The molecule has 0 spiro atoms. The highest BCUT2D eigenvalue weighted by Crippen LogP contribution is 2.22. The van der Waals surface area contributed by atoms with E-state index in [1.54, 1.807) is 20.9 Å². The van der Waals surface area contributed by atoms with E-state index in [-0.39, 0.29) is 16.5 Å². The molecule has 0 aliphatic rings. The van der Waals surface area contributed by atoms with Crippen molar-refractivity contribution in [3.8, 4) is 0 Å². The quantitative estimate of drug-likeness (QED) is 0.868. The Morgan fingerprint density at radius 3 is 2.62 bits per heavy atom. The molecule has 0 radical (unpaired) electrons. The van der Waals surface area contributed by atoms with Crippen LogP contribution in [0.3, 0.4) is 0 Å². The number of halogens is 1. The second kappa shape index (κ2) is 6.00. The highest BCUT2D eigenvalue weighted by molar-refractivity contribution is 7.89. The van der Waals surface area contributed by atoms with Gasteiger partial charge in [0.25, 0.3) is 0 Å². The number of hydrogen-bond acceptors (Lipinski definition) is 6. The Morgan fingerprint density at radius 2 is 2.10 bits per heavy atom. The molecule has 2 aromatic rings. The fourth-order valence-electron chi connectivity index (χ4n) is 1.61. The van der Waals surface area contributed by atoms with Crippen molar-refractivity contribution in [2.45, 2.75) is 25.3 Å². The molecule has 0 saturated carbocycles. The lowest BCUT2D eigenvalue weighted by Crippen LogP contribution is -2.23. The molecule has 2 rings (SSSR count). The summed E-state index contributed by atoms with van der Waals surface area (Å²) in [6, 6.07) is 1.33. The van der Waals surface area contributed by atoms with Gasteiger partial charge in [0.1, 0.15) is 16.5 Å². The number of anilines is 1. The van der Waals surface area contributed by atoms with Crippen LogP contribution in [-0.2, 0) is 16.6 Å². The largest absolute Gasteiger partial charge is 0.444 e. The Kier molecular flexibility index (Phi) is 4.50. The van der Waals surface area contributed by atoms with Gasteiger partial charge in [-0.15, -0.1) is 0 Å². The molecule has 0 amide bonds. The lowest BCUT2D eigenvalue weighted by atomic mass is 10.4. The number of rotatable bonds is 5. The minimum absolute atomic E-state index is 0.0218. The molecule has 0 atom stereocenters. The van der Waals surface area contributed by atoms with Crippen molar-refractivity contribution in [2.75, 3.05) is 12.4 Å². The molecule has 0 aliphatic carbocycles. The number of oxazole rings is 1.